The lowest BCUT2D eigenvalue weighted by atomic mass is 9.77. The molecule has 0 aromatic heterocycles. The third-order valence-electron chi connectivity index (χ3n) is 4.20. The van der Waals surface area contributed by atoms with Crippen molar-refractivity contribution >= 4 is 15.9 Å². The van der Waals surface area contributed by atoms with Crippen LogP contribution >= 0.6 is 15.9 Å². The van der Waals surface area contributed by atoms with Crippen LogP contribution in [-0.2, 0) is 0 Å². The number of benzene rings is 1. The van der Waals surface area contributed by atoms with Crippen molar-refractivity contribution in [3.05, 3.63) is 33.8 Å². The van der Waals surface area contributed by atoms with Crippen LogP contribution in [-0.4, -0.2) is 0 Å². The predicted octanol–water partition coefficient (Wildman–Crippen LogP) is 4.09. The number of nitrogens with two attached hydrogens (primary N) is 1. The van der Waals surface area contributed by atoms with E-state index >= 15 is 0 Å². The number of hydrazine groups is 1. The average molecular weight is 311 g/mol. The zero-order valence-electron chi connectivity index (χ0n) is 11.2. The SMILES string of the molecule is Cc1ccc(Br)c(C(NN)C2CCC(C)CC2)c1. The fourth-order valence-corrected chi connectivity index (χ4v) is 3.49. The minimum atomic E-state index is 0.270. The maximum absolute atomic E-state index is 5.82. The van der Waals surface area contributed by atoms with Crippen LogP contribution in [0, 0.1) is 18.8 Å². The summed E-state index contributed by atoms with van der Waals surface area (Å²) in [7, 11) is 0. The second-order valence-electron chi connectivity index (χ2n) is 5.69. The first-order valence-electron chi connectivity index (χ1n) is 6.84. The highest BCUT2D eigenvalue weighted by Gasteiger charge is 2.27. The van der Waals surface area contributed by atoms with Gasteiger partial charge in [0.2, 0.25) is 0 Å². The molecule has 1 fully saturated rings. The molecule has 1 aromatic rings. The van der Waals surface area contributed by atoms with Crippen LogP contribution in [0.2, 0.25) is 0 Å². The van der Waals surface area contributed by atoms with Crippen molar-refractivity contribution in [1.29, 1.82) is 0 Å². The lowest BCUT2D eigenvalue weighted by Gasteiger charge is -2.33. The van der Waals surface area contributed by atoms with E-state index in [1.165, 1.54) is 36.8 Å². The largest absolute Gasteiger partial charge is 0.271 e. The van der Waals surface area contributed by atoms with Gasteiger partial charge in [-0.05, 0) is 43.2 Å². The van der Waals surface area contributed by atoms with Crippen molar-refractivity contribution in [2.45, 2.75) is 45.6 Å². The molecule has 1 aliphatic rings. The number of aryl methyl sites for hydroxylation is 1. The van der Waals surface area contributed by atoms with E-state index in [9.17, 15) is 0 Å². The maximum atomic E-state index is 5.82. The van der Waals surface area contributed by atoms with Gasteiger partial charge in [-0.3, -0.25) is 11.3 Å². The number of rotatable bonds is 3. The molecule has 3 heteroatoms. The van der Waals surface area contributed by atoms with Gasteiger partial charge in [0.15, 0.2) is 0 Å². The Morgan fingerprint density at radius 3 is 2.56 bits per heavy atom. The number of nitrogens with one attached hydrogen (secondary N) is 1. The van der Waals surface area contributed by atoms with Gasteiger partial charge in [-0.1, -0.05) is 53.4 Å². The third kappa shape index (κ3) is 3.14. The first-order chi connectivity index (χ1) is 8.61. The number of hydrogen-bond acceptors (Lipinski definition) is 2. The molecule has 100 valence electrons. The summed E-state index contributed by atoms with van der Waals surface area (Å²) in [6.45, 7) is 4.48. The van der Waals surface area contributed by atoms with Gasteiger partial charge in [0.25, 0.3) is 0 Å². The van der Waals surface area contributed by atoms with Crippen molar-refractivity contribution in [1.82, 2.24) is 5.43 Å². The summed E-state index contributed by atoms with van der Waals surface area (Å²) in [5.41, 5.74) is 5.63. The second kappa shape index (κ2) is 6.18. The fourth-order valence-electron chi connectivity index (χ4n) is 3.00. The Kier molecular flexibility index (Phi) is 4.82. The van der Waals surface area contributed by atoms with E-state index in [4.69, 9.17) is 5.84 Å². The Hall–Kier alpha value is -0.380. The van der Waals surface area contributed by atoms with Gasteiger partial charge in [-0.25, -0.2) is 0 Å². The molecule has 0 saturated heterocycles. The van der Waals surface area contributed by atoms with Gasteiger partial charge in [-0.2, -0.15) is 0 Å². The first-order valence-corrected chi connectivity index (χ1v) is 7.63. The van der Waals surface area contributed by atoms with Crippen LogP contribution in [0.25, 0.3) is 0 Å². The molecule has 1 atom stereocenters. The summed E-state index contributed by atoms with van der Waals surface area (Å²) in [6.07, 6.45) is 5.20. The number of hydrogen-bond donors (Lipinski definition) is 2. The zero-order chi connectivity index (χ0) is 13.1. The Morgan fingerprint density at radius 1 is 1.28 bits per heavy atom. The van der Waals surface area contributed by atoms with Crippen LogP contribution < -0.4 is 11.3 Å². The van der Waals surface area contributed by atoms with E-state index in [2.05, 4.69) is 53.4 Å². The molecule has 2 rings (SSSR count). The standard InChI is InChI=1S/C15H23BrN2/c1-10-3-6-12(7-4-10)15(18-17)13-9-11(2)5-8-14(13)16/h5,8-10,12,15,18H,3-4,6-7,17H2,1-2H3. The lowest BCUT2D eigenvalue weighted by Crippen LogP contribution is -2.35. The van der Waals surface area contributed by atoms with Gasteiger partial charge >= 0.3 is 0 Å². The van der Waals surface area contributed by atoms with E-state index in [0.717, 1.165) is 10.4 Å². The summed E-state index contributed by atoms with van der Waals surface area (Å²) >= 11 is 3.65. The highest BCUT2D eigenvalue weighted by molar-refractivity contribution is 9.10. The smallest absolute Gasteiger partial charge is 0.0499 e. The van der Waals surface area contributed by atoms with Gasteiger partial charge < -0.3 is 0 Å². The molecule has 0 radical (unpaired) electrons. The van der Waals surface area contributed by atoms with Crippen LogP contribution in [0.1, 0.15) is 49.8 Å². The predicted molar refractivity (Wildman–Crippen MR) is 80.1 cm³/mol. The molecule has 0 heterocycles. The maximum Gasteiger partial charge on any atom is 0.0499 e. The van der Waals surface area contributed by atoms with E-state index in [-0.39, 0.29) is 6.04 Å². The van der Waals surface area contributed by atoms with Crippen molar-refractivity contribution in [3.63, 3.8) is 0 Å². The molecular weight excluding hydrogens is 288 g/mol. The van der Waals surface area contributed by atoms with E-state index in [1.807, 2.05) is 0 Å². The minimum absolute atomic E-state index is 0.270. The molecule has 1 aromatic carbocycles. The summed E-state index contributed by atoms with van der Waals surface area (Å²) in [6, 6.07) is 6.77. The molecule has 0 amide bonds. The molecule has 0 bridgehead atoms. The lowest BCUT2D eigenvalue weighted by molar-refractivity contribution is 0.232. The molecule has 0 spiro atoms. The van der Waals surface area contributed by atoms with E-state index in [1.54, 1.807) is 0 Å². The molecule has 0 aliphatic heterocycles. The molecule has 1 unspecified atom stereocenters. The van der Waals surface area contributed by atoms with Crippen molar-refractivity contribution in [3.8, 4) is 0 Å². The van der Waals surface area contributed by atoms with E-state index < -0.39 is 0 Å². The Morgan fingerprint density at radius 2 is 1.94 bits per heavy atom. The summed E-state index contributed by atoms with van der Waals surface area (Å²) in [4.78, 5) is 0. The van der Waals surface area contributed by atoms with Crippen molar-refractivity contribution in [2.75, 3.05) is 0 Å². The average Bonchev–Trinajstić information content (AvgIpc) is 2.37. The fraction of sp³-hybridized carbons (Fsp3) is 0.600. The minimum Gasteiger partial charge on any atom is -0.271 e. The van der Waals surface area contributed by atoms with Gasteiger partial charge in [0.1, 0.15) is 0 Å². The molecule has 18 heavy (non-hydrogen) atoms. The molecule has 3 N–H and O–H groups in total. The van der Waals surface area contributed by atoms with Crippen molar-refractivity contribution < 1.29 is 0 Å². The highest BCUT2D eigenvalue weighted by atomic mass is 79.9. The molecular formula is C15H23BrN2. The van der Waals surface area contributed by atoms with Gasteiger partial charge in [0.05, 0.1) is 0 Å². The monoisotopic (exact) mass is 310 g/mol. The Labute approximate surface area is 118 Å². The van der Waals surface area contributed by atoms with Crippen LogP contribution in [0.5, 0.6) is 0 Å². The summed E-state index contributed by atoms with van der Waals surface area (Å²) in [5, 5.41) is 0. The van der Waals surface area contributed by atoms with Crippen LogP contribution in [0.3, 0.4) is 0 Å². The first kappa shape index (κ1) is 14.0. The molecule has 1 saturated carbocycles. The second-order valence-corrected chi connectivity index (χ2v) is 6.54. The quantitative estimate of drug-likeness (QED) is 0.652. The summed E-state index contributed by atoms with van der Waals surface area (Å²) < 4.78 is 1.16. The van der Waals surface area contributed by atoms with Crippen LogP contribution in [0.4, 0.5) is 0 Å². The zero-order valence-corrected chi connectivity index (χ0v) is 12.8. The highest BCUT2D eigenvalue weighted by Crippen LogP contribution is 2.38. The molecule has 1 aliphatic carbocycles. The molecule has 2 nitrogen and oxygen atoms in total. The van der Waals surface area contributed by atoms with Crippen LogP contribution in [0.15, 0.2) is 22.7 Å². The topological polar surface area (TPSA) is 38.0 Å². The normalized spacial score (nSPS) is 26.0. The van der Waals surface area contributed by atoms with E-state index in [0.29, 0.717) is 5.92 Å². The Balaban J connectivity index is 2.19. The van der Waals surface area contributed by atoms with Crippen molar-refractivity contribution in [2.24, 2.45) is 17.7 Å². The third-order valence-corrected chi connectivity index (χ3v) is 4.92. The Bertz CT molecular complexity index is 397. The van der Waals surface area contributed by atoms with Gasteiger partial charge in [0, 0.05) is 10.5 Å². The number of halogens is 1. The van der Waals surface area contributed by atoms with Gasteiger partial charge in [-0.15, -0.1) is 0 Å². The summed E-state index contributed by atoms with van der Waals surface area (Å²) in [5.74, 6) is 7.35.